The van der Waals surface area contributed by atoms with Crippen LogP contribution in [0.5, 0.6) is 0 Å². The second kappa shape index (κ2) is 9.79. The normalized spacial score (nSPS) is 12.8. The van der Waals surface area contributed by atoms with Gasteiger partial charge in [-0.3, -0.25) is 10.6 Å². The molecular formula is C12H20N18O2. The van der Waals surface area contributed by atoms with Gasteiger partial charge in [0.1, 0.15) is 0 Å². The Kier molecular flexibility index (Phi) is 6.69. The van der Waals surface area contributed by atoms with Gasteiger partial charge in [0.15, 0.2) is 0 Å². The van der Waals surface area contributed by atoms with Crippen LogP contribution in [-0.4, -0.2) is 74.1 Å². The molecule has 3 heterocycles. The number of aliphatic hydroxyl groups is 2. The SMILES string of the molecule is N/C=C(/CO)N(N)c1n[nH]c(N/C(N)=N/N=C(\N)Nc2nc(-n3nncc3CO)n[nH]2)n1. The van der Waals surface area contributed by atoms with E-state index in [1.807, 2.05) is 0 Å². The summed E-state index contributed by atoms with van der Waals surface area (Å²) in [5, 5.41) is 52.2. The number of hydrazine groups is 1. The van der Waals surface area contributed by atoms with Gasteiger partial charge in [0, 0.05) is 6.20 Å². The second-order valence-electron chi connectivity index (χ2n) is 5.67. The fourth-order valence-electron chi connectivity index (χ4n) is 2.09. The second-order valence-corrected chi connectivity index (χ2v) is 5.67. The largest absolute Gasteiger partial charge is 0.403 e. The maximum atomic E-state index is 9.23. The zero-order chi connectivity index (χ0) is 23.1. The van der Waals surface area contributed by atoms with Crippen LogP contribution in [0.3, 0.4) is 0 Å². The maximum Gasteiger partial charge on any atom is 0.272 e. The summed E-state index contributed by atoms with van der Waals surface area (Å²) >= 11 is 0. The van der Waals surface area contributed by atoms with Gasteiger partial charge in [0.05, 0.1) is 30.8 Å². The first-order valence-corrected chi connectivity index (χ1v) is 8.57. The highest BCUT2D eigenvalue weighted by atomic mass is 16.3. The summed E-state index contributed by atoms with van der Waals surface area (Å²) < 4.78 is 1.23. The van der Waals surface area contributed by atoms with E-state index in [1.165, 1.54) is 10.9 Å². The van der Waals surface area contributed by atoms with Crippen LogP contribution in [-0.2, 0) is 6.61 Å². The Morgan fingerprint density at radius 2 is 1.78 bits per heavy atom. The van der Waals surface area contributed by atoms with E-state index in [9.17, 15) is 5.11 Å². The van der Waals surface area contributed by atoms with Gasteiger partial charge in [-0.05, 0) is 0 Å². The number of aliphatic hydroxyl groups excluding tert-OH is 2. The maximum absolute atomic E-state index is 9.23. The number of anilines is 3. The van der Waals surface area contributed by atoms with Crippen molar-refractivity contribution in [2.75, 3.05) is 22.2 Å². The van der Waals surface area contributed by atoms with Crippen molar-refractivity contribution in [1.29, 1.82) is 0 Å². The summed E-state index contributed by atoms with van der Waals surface area (Å²) in [6.45, 7) is -0.708. The molecule has 14 N–H and O–H groups in total. The van der Waals surface area contributed by atoms with E-state index in [0.717, 1.165) is 11.2 Å². The fourth-order valence-corrected chi connectivity index (χ4v) is 2.09. The van der Waals surface area contributed by atoms with Crippen LogP contribution in [0.1, 0.15) is 5.69 Å². The Morgan fingerprint density at radius 1 is 1.12 bits per heavy atom. The van der Waals surface area contributed by atoms with Gasteiger partial charge in [-0.15, -0.1) is 25.5 Å². The third-order valence-electron chi connectivity index (χ3n) is 3.56. The molecule has 0 aliphatic rings. The number of nitrogens with one attached hydrogen (secondary N) is 4. The topological polar surface area (TPSA) is 310 Å². The molecule has 20 heteroatoms. The van der Waals surface area contributed by atoms with Crippen molar-refractivity contribution in [3.63, 3.8) is 0 Å². The van der Waals surface area contributed by atoms with Gasteiger partial charge in [-0.2, -0.15) is 14.6 Å². The Labute approximate surface area is 178 Å². The minimum Gasteiger partial charge on any atom is -0.403 e. The van der Waals surface area contributed by atoms with Crippen LogP contribution in [0.4, 0.5) is 17.8 Å². The number of aromatic amines is 2. The van der Waals surface area contributed by atoms with Crippen molar-refractivity contribution in [3.05, 3.63) is 23.8 Å². The summed E-state index contributed by atoms with van der Waals surface area (Å²) in [6, 6.07) is 0. The van der Waals surface area contributed by atoms with Crippen molar-refractivity contribution >= 4 is 29.8 Å². The van der Waals surface area contributed by atoms with E-state index in [2.05, 4.69) is 61.5 Å². The Morgan fingerprint density at radius 3 is 2.41 bits per heavy atom. The lowest BCUT2D eigenvalue weighted by atomic mass is 10.5. The molecule has 0 spiro atoms. The molecule has 0 aliphatic carbocycles. The predicted molar refractivity (Wildman–Crippen MR) is 110 cm³/mol. The molecule has 32 heavy (non-hydrogen) atoms. The highest BCUT2D eigenvalue weighted by molar-refractivity contribution is 5.93. The van der Waals surface area contributed by atoms with E-state index < -0.39 is 6.61 Å². The molecule has 0 fully saturated rings. The number of H-pyrrole nitrogens is 2. The smallest absolute Gasteiger partial charge is 0.272 e. The molecular weight excluding hydrogens is 428 g/mol. The van der Waals surface area contributed by atoms with Crippen LogP contribution in [0.15, 0.2) is 28.3 Å². The lowest BCUT2D eigenvalue weighted by Crippen LogP contribution is -2.33. The molecule has 3 rings (SSSR count). The number of nitrogens with two attached hydrogens (primary N) is 4. The first-order chi connectivity index (χ1) is 15.4. The van der Waals surface area contributed by atoms with E-state index >= 15 is 0 Å². The molecule has 20 nitrogen and oxygen atoms in total. The lowest BCUT2D eigenvalue weighted by molar-refractivity contribution is 0.272. The molecule has 0 amide bonds. The summed E-state index contributed by atoms with van der Waals surface area (Å²) in [7, 11) is 0. The zero-order valence-corrected chi connectivity index (χ0v) is 16.2. The monoisotopic (exact) mass is 448 g/mol. The van der Waals surface area contributed by atoms with Crippen LogP contribution < -0.4 is 38.7 Å². The average molecular weight is 448 g/mol. The lowest BCUT2D eigenvalue weighted by Gasteiger charge is -2.14. The fraction of sp³-hybridized carbons (Fsp3) is 0.167. The van der Waals surface area contributed by atoms with Crippen molar-refractivity contribution < 1.29 is 10.2 Å². The van der Waals surface area contributed by atoms with Gasteiger partial charge in [-0.25, -0.2) is 21.0 Å². The number of rotatable bonds is 8. The molecule has 0 saturated heterocycles. The van der Waals surface area contributed by atoms with Crippen molar-refractivity contribution in [2.45, 2.75) is 6.61 Å². The van der Waals surface area contributed by atoms with Gasteiger partial charge >= 0.3 is 0 Å². The third-order valence-corrected chi connectivity index (χ3v) is 3.56. The quantitative estimate of drug-likeness (QED) is 0.0672. The summed E-state index contributed by atoms with van der Waals surface area (Å²) in [5.74, 6) is 5.70. The minimum atomic E-state index is -0.414. The van der Waals surface area contributed by atoms with Crippen molar-refractivity contribution in [3.8, 4) is 5.95 Å². The molecule has 3 aromatic rings. The molecule has 0 radical (unpaired) electrons. The number of nitrogens with zero attached hydrogens (tertiary/aromatic N) is 10. The molecule has 0 saturated carbocycles. The van der Waals surface area contributed by atoms with Gasteiger partial charge in [0.25, 0.3) is 11.9 Å². The summed E-state index contributed by atoms with van der Waals surface area (Å²) in [6.07, 6.45) is 2.48. The summed E-state index contributed by atoms with van der Waals surface area (Å²) in [5.41, 5.74) is 17.3. The molecule has 0 bridgehead atoms. The van der Waals surface area contributed by atoms with Crippen molar-refractivity contribution in [1.82, 2.24) is 45.4 Å². The Bertz CT molecular complexity index is 1120. The molecule has 0 unspecified atom stereocenters. The van der Waals surface area contributed by atoms with E-state index in [4.69, 9.17) is 28.2 Å². The zero-order valence-electron chi connectivity index (χ0n) is 16.2. The highest BCUT2D eigenvalue weighted by Gasteiger charge is 2.13. The number of hydrogen-bond acceptors (Lipinski definition) is 13. The summed E-state index contributed by atoms with van der Waals surface area (Å²) in [4.78, 5) is 8.10. The first kappa shape index (κ1) is 21.9. The molecule has 170 valence electrons. The molecule has 0 aromatic carbocycles. The average Bonchev–Trinajstić information content (AvgIpc) is 3.53. The van der Waals surface area contributed by atoms with E-state index in [0.29, 0.717) is 5.69 Å². The van der Waals surface area contributed by atoms with Gasteiger partial charge in [0.2, 0.25) is 23.8 Å². The van der Waals surface area contributed by atoms with Crippen LogP contribution in [0.25, 0.3) is 5.95 Å². The van der Waals surface area contributed by atoms with Crippen molar-refractivity contribution in [2.24, 2.45) is 33.2 Å². The van der Waals surface area contributed by atoms with Crippen LogP contribution in [0, 0.1) is 0 Å². The number of hydrogen-bond donors (Lipinski definition) is 10. The van der Waals surface area contributed by atoms with Gasteiger partial charge in [-0.1, -0.05) is 5.21 Å². The van der Waals surface area contributed by atoms with Gasteiger partial charge < -0.3 is 27.4 Å². The highest BCUT2D eigenvalue weighted by Crippen LogP contribution is 2.10. The van der Waals surface area contributed by atoms with Crippen LogP contribution in [0.2, 0.25) is 0 Å². The number of guanidine groups is 2. The molecule has 0 aliphatic heterocycles. The molecule has 0 atom stereocenters. The standard InChI is InChI=1S/C12H20N18O2/c13-1-5(3-31)29(16)11-20-9(24-26-11)18-7(14)22-23-8(15)19-10-21-12(27-25-10)30-6(4-32)2-17-28-30/h1-2,31-32H,3-4,13,16H2,(H4,14,18,20,22,24,26)(H4,15,19,21,23,25,27)/b5-1-. The van der Waals surface area contributed by atoms with E-state index in [-0.39, 0.29) is 48.0 Å². The molecule has 3 aromatic heterocycles. The van der Waals surface area contributed by atoms with Crippen LogP contribution >= 0.6 is 0 Å². The Hall–Kier alpha value is -4.82. The third kappa shape index (κ3) is 5.02. The van der Waals surface area contributed by atoms with E-state index in [1.54, 1.807) is 0 Å². The number of aromatic nitrogens is 9. The first-order valence-electron chi connectivity index (χ1n) is 8.57. The minimum absolute atomic E-state index is 0.00796. The predicted octanol–water partition coefficient (Wildman–Crippen LogP) is -4.46. The Balaban J connectivity index is 1.60.